The molecule has 1 nitrogen and oxygen atoms in total. The smallest absolute Gasteiger partial charge is 0.0458 e. The van der Waals surface area contributed by atoms with Crippen LogP contribution in [0.1, 0.15) is 26.5 Å². The molecule has 0 bridgehead atoms. The molecule has 0 fully saturated rings. The van der Waals surface area contributed by atoms with Crippen molar-refractivity contribution in [3.63, 3.8) is 0 Å². The number of nitrogens with one attached hydrogen (secondary N) is 1. The summed E-state index contributed by atoms with van der Waals surface area (Å²) in [5, 5.41) is 1.27. The maximum absolute atomic E-state index is 3.31. The van der Waals surface area contributed by atoms with Crippen LogP contribution in [0.5, 0.6) is 0 Å². The minimum absolute atomic E-state index is 1.17. The van der Waals surface area contributed by atoms with Crippen molar-refractivity contribution in [3.05, 3.63) is 42.1 Å². The number of aromatic nitrogens is 1. The number of H-pyrrole nitrogens is 1. The van der Waals surface area contributed by atoms with Gasteiger partial charge in [0.15, 0.2) is 0 Å². The molecule has 1 heterocycles. The number of rotatable bonds is 1. The lowest BCUT2D eigenvalue weighted by atomic mass is 10.2. The summed E-state index contributed by atoms with van der Waals surface area (Å²) in [6, 6.07) is 10.4. The minimum Gasteiger partial charge on any atom is -0.355 e. The van der Waals surface area contributed by atoms with Crippen molar-refractivity contribution in [2.24, 2.45) is 0 Å². The standard InChI is InChI=1S/C11H11N.C2H6/c1-2-5-10-8-9-6-3-4-7-11(9)12-10;1-2/h2-8,12H,1H3;1-2H3/b5-2+;. The molecule has 14 heavy (non-hydrogen) atoms. The summed E-state index contributed by atoms with van der Waals surface area (Å²) in [5.74, 6) is 0. The first-order valence-electron chi connectivity index (χ1n) is 5.10. The first-order valence-corrected chi connectivity index (χ1v) is 5.10. The van der Waals surface area contributed by atoms with E-state index in [0.29, 0.717) is 0 Å². The number of aromatic amines is 1. The lowest BCUT2D eigenvalue weighted by molar-refractivity contribution is 1.43. The highest BCUT2D eigenvalue weighted by atomic mass is 14.7. The van der Waals surface area contributed by atoms with Crippen LogP contribution in [-0.2, 0) is 0 Å². The summed E-state index contributed by atoms with van der Waals surface area (Å²) in [7, 11) is 0. The zero-order chi connectivity index (χ0) is 10.4. The van der Waals surface area contributed by atoms with Gasteiger partial charge in [0.1, 0.15) is 0 Å². The van der Waals surface area contributed by atoms with Crippen LogP contribution in [0.25, 0.3) is 17.0 Å². The highest BCUT2D eigenvalue weighted by Crippen LogP contribution is 2.15. The molecule has 0 aliphatic carbocycles. The van der Waals surface area contributed by atoms with E-state index in [4.69, 9.17) is 0 Å². The van der Waals surface area contributed by atoms with Crippen LogP contribution >= 0.6 is 0 Å². The Bertz CT molecular complexity index is 377. The summed E-state index contributed by atoms with van der Waals surface area (Å²) in [5.41, 5.74) is 2.37. The number of benzene rings is 1. The summed E-state index contributed by atoms with van der Waals surface area (Å²) in [6.07, 6.45) is 4.10. The third-order valence-corrected chi connectivity index (χ3v) is 1.90. The number of hydrogen-bond acceptors (Lipinski definition) is 0. The third kappa shape index (κ3) is 2.25. The largest absolute Gasteiger partial charge is 0.355 e. The van der Waals surface area contributed by atoms with E-state index in [2.05, 4.69) is 35.3 Å². The molecule has 0 saturated heterocycles. The second-order valence-corrected chi connectivity index (χ2v) is 2.81. The topological polar surface area (TPSA) is 15.8 Å². The van der Waals surface area contributed by atoms with Gasteiger partial charge < -0.3 is 4.98 Å². The Balaban J connectivity index is 0.000000461. The fourth-order valence-corrected chi connectivity index (χ4v) is 1.37. The van der Waals surface area contributed by atoms with Gasteiger partial charge in [0.25, 0.3) is 0 Å². The number of para-hydroxylation sites is 1. The van der Waals surface area contributed by atoms with Crippen LogP contribution in [0, 0.1) is 0 Å². The third-order valence-electron chi connectivity index (χ3n) is 1.90. The van der Waals surface area contributed by atoms with Gasteiger partial charge in [-0.25, -0.2) is 0 Å². The molecule has 0 spiro atoms. The highest BCUT2D eigenvalue weighted by Gasteiger charge is 1.94. The molecule has 2 aromatic rings. The van der Waals surface area contributed by atoms with E-state index >= 15 is 0 Å². The van der Waals surface area contributed by atoms with Crippen molar-refractivity contribution >= 4 is 17.0 Å². The van der Waals surface area contributed by atoms with Crippen molar-refractivity contribution in [2.75, 3.05) is 0 Å². The molecule has 0 aliphatic rings. The van der Waals surface area contributed by atoms with E-state index in [-0.39, 0.29) is 0 Å². The van der Waals surface area contributed by atoms with Crippen molar-refractivity contribution in [1.82, 2.24) is 4.98 Å². The average molecular weight is 187 g/mol. The second-order valence-electron chi connectivity index (χ2n) is 2.81. The summed E-state index contributed by atoms with van der Waals surface area (Å²) >= 11 is 0. The lowest BCUT2D eigenvalue weighted by Crippen LogP contribution is -1.66. The van der Waals surface area contributed by atoms with Gasteiger partial charge in [-0.2, -0.15) is 0 Å². The van der Waals surface area contributed by atoms with Crippen molar-refractivity contribution < 1.29 is 0 Å². The number of fused-ring (bicyclic) bond motifs is 1. The van der Waals surface area contributed by atoms with E-state index in [1.165, 1.54) is 16.6 Å². The summed E-state index contributed by atoms with van der Waals surface area (Å²) in [6.45, 7) is 6.02. The summed E-state index contributed by atoms with van der Waals surface area (Å²) in [4.78, 5) is 3.31. The molecular weight excluding hydrogens is 170 g/mol. The molecule has 74 valence electrons. The fourth-order valence-electron chi connectivity index (χ4n) is 1.37. The maximum atomic E-state index is 3.31. The molecule has 0 amide bonds. The van der Waals surface area contributed by atoms with E-state index in [1.807, 2.05) is 32.9 Å². The molecule has 0 aliphatic heterocycles. The quantitative estimate of drug-likeness (QED) is 0.687. The van der Waals surface area contributed by atoms with E-state index in [1.54, 1.807) is 0 Å². The maximum Gasteiger partial charge on any atom is 0.0458 e. The van der Waals surface area contributed by atoms with Gasteiger partial charge in [-0.15, -0.1) is 0 Å². The monoisotopic (exact) mass is 187 g/mol. The van der Waals surface area contributed by atoms with Crippen LogP contribution in [0.4, 0.5) is 0 Å². The Kier molecular flexibility index (Phi) is 3.99. The lowest BCUT2D eigenvalue weighted by Gasteiger charge is -1.84. The molecule has 1 heteroatoms. The molecule has 0 unspecified atom stereocenters. The molecule has 1 aromatic heterocycles. The first-order chi connectivity index (χ1) is 6.90. The van der Waals surface area contributed by atoms with Crippen LogP contribution in [0.15, 0.2) is 36.4 Å². The predicted octanol–water partition coefficient (Wildman–Crippen LogP) is 4.23. The Morgan fingerprint density at radius 2 is 1.86 bits per heavy atom. The molecular formula is C13H17N. The Hall–Kier alpha value is -1.50. The van der Waals surface area contributed by atoms with Gasteiger partial charge >= 0.3 is 0 Å². The second kappa shape index (κ2) is 5.28. The number of allylic oxidation sites excluding steroid dienone is 1. The van der Waals surface area contributed by atoms with Crippen molar-refractivity contribution in [2.45, 2.75) is 20.8 Å². The van der Waals surface area contributed by atoms with Gasteiger partial charge in [0.2, 0.25) is 0 Å². The van der Waals surface area contributed by atoms with Crippen LogP contribution in [0.2, 0.25) is 0 Å². The van der Waals surface area contributed by atoms with E-state index in [0.717, 1.165) is 0 Å². The molecule has 0 saturated carbocycles. The van der Waals surface area contributed by atoms with Crippen molar-refractivity contribution in [3.8, 4) is 0 Å². The SMILES string of the molecule is C/C=C/c1cc2ccccc2[nH]1.CC. The van der Waals surface area contributed by atoms with Gasteiger partial charge in [0.05, 0.1) is 0 Å². The molecule has 1 N–H and O–H groups in total. The minimum atomic E-state index is 1.17. The average Bonchev–Trinajstić information content (AvgIpc) is 2.63. The zero-order valence-electron chi connectivity index (χ0n) is 9.04. The molecule has 0 radical (unpaired) electrons. The normalized spacial score (nSPS) is 10.2. The Labute approximate surface area is 85.5 Å². The predicted molar refractivity (Wildman–Crippen MR) is 64.4 cm³/mol. The van der Waals surface area contributed by atoms with Crippen LogP contribution in [-0.4, -0.2) is 4.98 Å². The van der Waals surface area contributed by atoms with Gasteiger partial charge in [0, 0.05) is 11.2 Å². The van der Waals surface area contributed by atoms with Crippen LogP contribution in [0.3, 0.4) is 0 Å². The van der Waals surface area contributed by atoms with E-state index < -0.39 is 0 Å². The Morgan fingerprint density at radius 3 is 2.50 bits per heavy atom. The Morgan fingerprint density at radius 1 is 1.14 bits per heavy atom. The zero-order valence-corrected chi connectivity index (χ0v) is 9.04. The first kappa shape index (κ1) is 10.6. The van der Waals surface area contributed by atoms with Crippen molar-refractivity contribution in [1.29, 1.82) is 0 Å². The van der Waals surface area contributed by atoms with Gasteiger partial charge in [-0.3, -0.25) is 0 Å². The highest BCUT2D eigenvalue weighted by molar-refractivity contribution is 5.82. The number of hydrogen-bond donors (Lipinski definition) is 1. The van der Waals surface area contributed by atoms with Gasteiger partial charge in [-0.05, 0) is 30.5 Å². The summed E-state index contributed by atoms with van der Waals surface area (Å²) < 4.78 is 0. The molecule has 0 atom stereocenters. The van der Waals surface area contributed by atoms with Gasteiger partial charge in [-0.1, -0.05) is 38.1 Å². The fraction of sp³-hybridized carbons (Fsp3) is 0.231. The van der Waals surface area contributed by atoms with Crippen LogP contribution < -0.4 is 0 Å². The molecule has 2 rings (SSSR count). The molecule has 1 aromatic carbocycles. The van der Waals surface area contributed by atoms with E-state index in [9.17, 15) is 0 Å².